The highest BCUT2D eigenvalue weighted by atomic mass is 35.5. The summed E-state index contributed by atoms with van der Waals surface area (Å²) in [7, 11) is 0. The molecule has 1 aromatic carbocycles. The number of hydrogen-bond acceptors (Lipinski definition) is 5. The van der Waals surface area contributed by atoms with Crippen molar-refractivity contribution in [1.82, 2.24) is 19.5 Å². The van der Waals surface area contributed by atoms with E-state index in [1.54, 1.807) is 9.42 Å². The maximum Gasteiger partial charge on any atom is 0.258 e. The highest BCUT2D eigenvalue weighted by molar-refractivity contribution is 6.31. The van der Waals surface area contributed by atoms with E-state index in [0.717, 1.165) is 22.6 Å². The van der Waals surface area contributed by atoms with Gasteiger partial charge in [-0.1, -0.05) is 11.6 Å². The van der Waals surface area contributed by atoms with Crippen LogP contribution in [0.15, 0.2) is 18.2 Å². The first-order valence-electron chi connectivity index (χ1n) is 11.1. The SMILES string of the molecule is Cc1nc2c3c(nn2c(C)c1Cl)CN(C(=O)c1ccc(F)cc1OC1CCC(C)(O)CC1)C3. The van der Waals surface area contributed by atoms with Gasteiger partial charge in [0.2, 0.25) is 0 Å². The van der Waals surface area contributed by atoms with Crippen LogP contribution in [0.1, 0.15) is 65.6 Å². The smallest absolute Gasteiger partial charge is 0.258 e. The molecular weight excluding hydrogens is 447 g/mol. The monoisotopic (exact) mass is 472 g/mol. The summed E-state index contributed by atoms with van der Waals surface area (Å²) in [6.45, 7) is 6.24. The van der Waals surface area contributed by atoms with E-state index in [0.29, 0.717) is 55.0 Å². The number of rotatable bonds is 3. The van der Waals surface area contributed by atoms with E-state index in [4.69, 9.17) is 16.3 Å². The van der Waals surface area contributed by atoms with Crippen LogP contribution in [-0.2, 0) is 13.1 Å². The van der Waals surface area contributed by atoms with Gasteiger partial charge in [-0.3, -0.25) is 4.79 Å². The number of carbonyl (C=O) groups excluding carboxylic acids is 1. The van der Waals surface area contributed by atoms with Crippen molar-refractivity contribution in [1.29, 1.82) is 0 Å². The van der Waals surface area contributed by atoms with Gasteiger partial charge in [-0.25, -0.2) is 13.9 Å². The normalized spacial score (nSPS) is 22.6. The zero-order chi connectivity index (χ0) is 23.5. The summed E-state index contributed by atoms with van der Waals surface area (Å²) in [5, 5.41) is 15.4. The first-order valence-corrected chi connectivity index (χ1v) is 11.5. The van der Waals surface area contributed by atoms with Gasteiger partial charge in [-0.2, -0.15) is 5.10 Å². The van der Waals surface area contributed by atoms with E-state index in [9.17, 15) is 14.3 Å². The van der Waals surface area contributed by atoms with Gasteiger partial charge in [0.05, 0.1) is 52.5 Å². The Morgan fingerprint density at radius 2 is 2.00 bits per heavy atom. The molecule has 7 nitrogen and oxygen atoms in total. The molecule has 0 unspecified atom stereocenters. The molecule has 1 fully saturated rings. The van der Waals surface area contributed by atoms with Gasteiger partial charge >= 0.3 is 0 Å². The number of hydrogen-bond donors (Lipinski definition) is 1. The number of amides is 1. The Morgan fingerprint density at radius 3 is 2.73 bits per heavy atom. The van der Waals surface area contributed by atoms with Crippen molar-refractivity contribution in [3.63, 3.8) is 0 Å². The number of fused-ring (bicyclic) bond motifs is 3. The lowest BCUT2D eigenvalue weighted by Gasteiger charge is -2.33. The minimum absolute atomic E-state index is 0.168. The fraction of sp³-hybridized carbons (Fsp3) is 0.458. The molecule has 0 atom stereocenters. The van der Waals surface area contributed by atoms with Gasteiger partial charge in [0.15, 0.2) is 5.65 Å². The summed E-state index contributed by atoms with van der Waals surface area (Å²) in [5.41, 5.74) is 3.52. The maximum absolute atomic E-state index is 14.0. The zero-order valence-corrected chi connectivity index (χ0v) is 19.6. The summed E-state index contributed by atoms with van der Waals surface area (Å²) in [6, 6.07) is 4.01. The second-order valence-electron chi connectivity index (χ2n) is 9.37. The minimum atomic E-state index is -0.699. The van der Waals surface area contributed by atoms with Crippen molar-refractivity contribution < 1.29 is 19.0 Å². The predicted octanol–water partition coefficient (Wildman–Crippen LogP) is 4.37. The first-order chi connectivity index (χ1) is 15.6. The molecule has 1 saturated carbocycles. The molecular formula is C24H26ClFN4O3. The number of aliphatic hydroxyl groups is 1. The molecule has 0 radical (unpaired) electrons. The fourth-order valence-electron chi connectivity index (χ4n) is 4.71. The van der Waals surface area contributed by atoms with Gasteiger partial charge in [-0.15, -0.1) is 0 Å². The van der Waals surface area contributed by atoms with Crippen molar-refractivity contribution in [3.05, 3.63) is 57.2 Å². The van der Waals surface area contributed by atoms with Crippen LogP contribution in [0.25, 0.3) is 5.65 Å². The number of aromatic nitrogens is 3. The minimum Gasteiger partial charge on any atom is -0.489 e. The zero-order valence-electron chi connectivity index (χ0n) is 18.9. The van der Waals surface area contributed by atoms with Gasteiger partial charge in [0.1, 0.15) is 11.6 Å². The lowest BCUT2D eigenvalue weighted by Crippen LogP contribution is -2.35. The highest BCUT2D eigenvalue weighted by Crippen LogP contribution is 2.34. The number of ether oxygens (including phenoxy) is 1. The first kappa shape index (κ1) is 22.1. The second-order valence-corrected chi connectivity index (χ2v) is 9.75. The number of aryl methyl sites for hydroxylation is 2. The summed E-state index contributed by atoms with van der Waals surface area (Å²) in [4.78, 5) is 19.7. The van der Waals surface area contributed by atoms with E-state index < -0.39 is 11.4 Å². The number of benzene rings is 1. The van der Waals surface area contributed by atoms with E-state index >= 15 is 0 Å². The van der Waals surface area contributed by atoms with Crippen LogP contribution in [-0.4, -0.2) is 42.2 Å². The molecule has 174 valence electrons. The summed E-state index contributed by atoms with van der Waals surface area (Å²) < 4.78 is 21.8. The molecule has 2 aliphatic rings. The third-order valence-electron chi connectivity index (χ3n) is 6.72. The topological polar surface area (TPSA) is 80.0 Å². The Bertz CT molecular complexity index is 1260. The van der Waals surface area contributed by atoms with Crippen LogP contribution >= 0.6 is 11.6 Å². The number of halogens is 2. The second kappa shape index (κ2) is 7.95. The van der Waals surface area contributed by atoms with Crippen molar-refractivity contribution in [3.8, 4) is 5.75 Å². The van der Waals surface area contributed by atoms with Crippen molar-refractivity contribution in [2.24, 2.45) is 0 Å². The molecule has 3 heterocycles. The molecule has 0 saturated heterocycles. The highest BCUT2D eigenvalue weighted by Gasteiger charge is 2.33. The van der Waals surface area contributed by atoms with Gasteiger partial charge in [0, 0.05) is 11.6 Å². The molecule has 5 rings (SSSR count). The quantitative estimate of drug-likeness (QED) is 0.612. The third kappa shape index (κ3) is 3.95. The average Bonchev–Trinajstić information content (AvgIpc) is 3.32. The van der Waals surface area contributed by atoms with Crippen LogP contribution in [0.3, 0.4) is 0 Å². The van der Waals surface area contributed by atoms with Crippen LogP contribution in [0, 0.1) is 19.7 Å². The van der Waals surface area contributed by atoms with E-state index in [2.05, 4.69) is 10.1 Å². The molecule has 1 aliphatic carbocycles. The fourth-order valence-corrected chi connectivity index (χ4v) is 4.83. The predicted molar refractivity (Wildman–Crippen MR) is 121 cm³/mol. The summed E-state index contributed by atoms with van der Waals surface area (Å²) in [5.74, 6) is -0.466. The summed E-state index contributed by atoms with van der Waals surface area (Å²) in [6.07, 6.45) is 2.34. The molecule has 2 aromatic heterocycles. The van der Waals surface area contributed by atoms with Gasteiger partial charge in [0.25, 0.3) is 5.91 Å². The average molecular weight is 473 g/mol. The van der Waals surface area contributed by atoms with Crippen molar-refractivity contribution >= 4 is 23.2 Å². The Balaban J connectivity index is 1.39. The number of carbonyl (C=O) groups is 1. The van der Waals surface area contributed by atoms with E-state index in [-0.39, 0.29) is 17.8 Å². The van der Waals surface area contributed by atoms with Crippen LogP contribution in [0.4, 0.5) is 4.39 Å². The van der Waals surface area contributed by atoms with Gasteiger partial charge < -0.3 is 14.7 Å². The van der Waals surface area contributed by atoms with Crippen LogP contribution in [0.5, 0.6) is 5.75 Å². The lowest BCUT2D eigenvalue weighted by molar-refractivity contribution is -0.0111. The Morgan fingerprint density at radius 1 is 1.27 bits per heavy atom. The lowest BCUT2D eigenvalue weighted by atomic mass is 9.85. The Kier molecular flexibility index (Phi) is 5.33. The van der Waals surface area contributed by atoms with Gasteiger partial charge in [-0.05, 0) is 58.6 Å². The summed E-state index contributed by atoms with van der Waals surface area (Å²) >= 11 is 6.32. The van der Waals surface area contributed by atoms with E-state index in [1.807, 2.05) is 20.8 Å². The molecule has 0 spiro atoms. The molecule has 1 amide bonds. The molecule has 3 aromatic rings. The number of nitrogens with zero attached hydrogens (tertiary/aromatic N) is 4. The molecule has 33 heavy (non-hydrogen) atoms. The molecule has 1 N–H and O–H groups in total. The standard InChI is InChI=1S/C24H26ClFN4O3/c1-13-21(25)14(2)30-22(27-13)18-11-29(12-19(18)28-30)23(31)17-5-4-15(26)10-20(17)33-16-6-8-24(3,32)9-7-16/h4-5,10,16,32H,6-9,11-12H2,1-3H3. The molecule has 0 bridgehead atoms. The van der Waals surface area contributed by atoms with Crippen LogP contribution in [0.2, 0.25) is 5.02 Å². The Hall–Kier alpha value is -2.71. The maximum atomic E-state index is 14.0. The third-order valence-corrected chi connectivity index (χ3v) is 7.27. The largest absolute Gasteiger partial charge is 0.489 e. The van der Waals surface area contributed by atoms with Crippen molar-refractivity contribution in [2.75, 3.05) is 0 Å². The Labute approximate surface area is 196 Å². The van der Waals surface area contributed by atoms with Crippen molar-refractivity contribution in [2.45, 2.75) is 71.2 Å². The molecule has 1 aliphatic heterocycles. The van der Waals surface area contributed by atoms with E-state index in [1.165, 1.54) is 18.2 Å². The molecule has 9 heteroatoms. The van der Waals surface area contributed by atoms with Crippen LogP contribution < -0.4 is 4.74 Å².